The zero-order valence-electron chi connectivity index (χ0n) is 14.1. The molecule has 2 fully saturated rings. The van der Waals surface area contributed by atoms with Crippen molar-refractivity contribution >= 4 is 17.6 Å². The number of benzene rings is 1. The SMILES string of the molecule is Cc1ccc(C(=O)N(C)C)cc1NC(=O)NC(C1CC1)C1CC1. The van der Waals surface area contributed by atoms with E-state index in [-0.39, 0.29) is 11.9 Å². The van der Waals surface area contributed by atoms with E-state index in [2.05, 4.69) is 10.6 Å². The van der Waals surface area contributed by atoms with Crippen molar-refractivity contribution in [3.63, 3.8) is 0 Å². The van der Waals surface area contributed by atoms with Crippen molar-refractivity contribution in [2.75, 3.05) is 19.4 Å². The molecule has 1 aromatic carbocycles. The van der Waals surface area contributed by atoms with Gasteiger partial charge in [-0.05, 0) is 62.1 Å². The molecule has 0 aliphatic heterocycles. The molecule has 2 saturated carbocycles. The van der Waals surface area contributed by atoms with Crippen LogP contribution in [0.15, 0.2) is 18.2 Å². The van der Waals surface area contributed by atoms with Crippen molar-refractivity contribution in [2.24, 2.45) is 11.8 Å². The molecule has 23 heavy (non-hydrogen) atoms. The second kappa shape index (κ2) is 6.22. The lowest BCUT2D eigenvalue weighted by molar-refractivity contribution is 0.0827. The van der Waals surface area contributed by atoms with Crippen molar-refractivity contribution < 1.29 is 9.59 Å². The molecule has 2 N–H and O–H groups in total. The van der Waals surface area contributed by atoms with Crippen molar-refractivity contribution in [3.05, 3.63) is 29.3 Å². The van der Waals surface area contributed by atoms with Crippen LogP contribution in [0.2, 0.25) is 0 Å². The first-order chi connectivity index (χ1) is 11.0. The highest BCUT2D eigenvalue weighted by molar-refractivity contribution is 5.97. The first-order valence-electron chi connectivity index (χ1n) is 8.35. The third kappa shape index (κ3) is 3.84. The molecule has 0 atom stereocenters. The summed E-state index contributed by atoms with van der Waals surface area (Å²) < 4.78 is 0. The van der Waals surface area contributed by atoms with E-state index in [1.54, 1.807) is 26.2 Å². The molecule has 1 aromatic rings. The van der Waals surface area contributed by atoms with E-state index in [4.69, 9.17) is 0 Å². The first kappa shape index (κ1) is 15.8. The van der Waals surface area contributed by atoms with Gasteiger partial charge in [0.05, 0.1) is 0 Å². The van der Waals surface area contributed by atoms with Crippen LogP contribution in [0.1, 0.15) is 41.6 Å². The highest BCUT2D eigenvalue weighted by Crippen LogP contribution is 2.44. The molecule has 0 heterocycles. The number of nitrogens with zero attached hydrogens (tertiary/aromatic N) is 1. The van der Waals surface area contributed by atoms with Gasteiger partial charge in [0.15, 0.2) is 0 Å². The highest BCUT2D eigenvalue weighted by Gasteiger charge is 2.42. The Labute approximate surface area is 137 Å². The smallest absolute Gasteiger partial charge is 0.319 e. The average Bonchev–Trinajstić information content (AvgIpc) is 3.38. The second-order valence-electron chi connectivity index (χ2n) is 7.03. The number of urea groups is 1. The predicted octanol–water partition coefficient (Wildman–Crippen LogP) is 3.01. The van der Waals surface area contributed by atoms with Crippen molar-refractivity contribution in [2.45, 2.75) is 38.6 Å². The molecular formula is C18H25N3O2. The Hall–Kier alpha value is -2.04. The summed E-state index contributed by atoms with van der Waals surface area (Å²) in [5.41, 5.74) is 2.22. The van der Waals surface area contributed by atoms with E-state index in [0.29, 0.717) is 29.1 Å². The fraction of sp³-hybridized carbons (Fsp3) is 0.556. The minimum absolute atomic E-state index is 0.0673. The number of carbonyl (C=O) groups excluding carboxylic acids is 2. The molecule has 124 valence electrons. The number of aryl methyl sites for hydroxylation is 1. The Balaban J connectivity index is 1.67. The van der Waals surface area contributed by atoms with Gasteiger partial charge >= 0.3 is 6.03 Å². The summed E-state index contributed by atoms with van der Waals surface area (Å²) in [6, 6.07) is 5.57. The lowest BCUT2D eigenvalue weighted by Crippen LogP contribution is -2.40. The zero-order chi connectivity index (χ0) is 16.6. The van der Waals surface area contributed by atoms with Crippen LogP contribution >= 0.6 is 0 Å². The van der Waals surface area contributed by atoms with Gasteiger partial charge in [0.1, 0.15) is 0 Å². The van der Waals surface area contributed by atoms with Crippen LogP contribution in [0, 0.1) is 18.8 Å². The Morgan fingerprint density at radius 2 is 1.74 bits per heavy atom. The number of hydrogen-bond acceptors (Lipinski definition) is 2. The molecule has 0 radical (unpaired) electrons. The standard InChI is InChI=1S/C18H25N3O2/c1-11-4-5-14(17(22)21(2)3)10-15(11)19-18(23)20-16(12-6-7-12)13-8-9-13/h4-5,10,12-13,16H,6-9H2,1-3H3,(H2,19,20,23). The van der Waals surface area contributed by atoms with E-state index in [0.717, 1.165) is 5.56 Å². The van der Waals surface area contributed by atoms with Gasteiger partial charge in [-0.15, -0.1) is 0 Å². The topological polar surface area (TPSA) is 61.4 Å². The van der Waals surface area contributed by atoms with Crippen LogP contribution in [0.5, 0.6) is 0 Å². The Bertz CT molecular complexity index is 607. The third-order valence-electron chi connectivity index (χ3n) is 4.70. The Kier molecular flexibility index (Phi) is 4.28. The van der Waals surface area contributed by atoms with E-state index in [1.807, 2.05) is 13.0 Å². The molecule has 3 rings (SSSR count). The summed E-state index contributed by atoms with van der Waals surface area (Å²) in [5.74, 6) is 1.26. The van der Waals surface area contributed by atoms with Crippen LogP contribution in [-0.4, -0.2) is 37.0 Å². The molecule has 0 saturated heterocycles. The fourth-order valence-corrected chi connectivity index (χ4v) is 2.99. The van der Waals surface area contributed by atoms with Crippen molar-refractivity contribution in [1.29, 1.82) is 0 Å². The molecule has 3 amide bonds. The molecule has 0 spiro atoms. The molecule has 2 aliphatic carbocycles. The number of anilines is 1. The maximum Gasteiger partial charge on any atom is 0.319 e. The third-order valence-corrected chi connectivity index (χ3v) is 4.70. The minimum atomic E-state index is -0.161. The van der Waals surface area contributed by atoms with Crippen LogP contribution in [0.25, 0.3) is 0 Å². The van der Waals surface area contributed by atoms with Gasteiger partial charge in [-0.2, -0.15) is 0 Å². The van der Waals surface area contributed by atoms with Gasteiger partial charge in [0.25, 0.3) is 5.91 Å². The normalized spacial score (nSPS) is 17.0. The number of rotatable bonds is 5. The van der Waals surface area contributed by atoms with Crippen LogP contribution < -0.4 is 10.6 Å². The fourth-order valence-electron chi connectivity index (χ4n) is 2.99. The Morgan fingerprint density at radius 1 is 1.13 bits per heavy atom. The van der Waals surface area contributed by atoms with E-state index < -0.39 is 0 Å². The summed E-state index contributed by atoms with van der Waals surface area (Å²) in [7, 11) is 3.44. The predicted molar refractivity (Wildman–Crippen MR) is 90.6 cm³/mol. The summed E-state index contributed by atoms with van der Waals surface area (Å²) in [4.78, 5) is 25.9. The largest absolute Gasteiger partial charge is 0.345 e. The maximum absolute atomic E-state index is 12.3. The molecule has 0 unspecified atom stereocenters. The number of carbonyl (C=O) groups is 2. The summed E-state index contributed by atoms with van der Waals surface area (Å²) in [6.45, 7) is 1.93. The van der Waals surface area contributed by atoms with Gasteiger partial charge in [0.2, 0.25) is 0 Å². The number of nitrogens with one attached hydrogen (secondary N) is 2. The monoisotopic (exact) mass is 315 g/mol. The first-order valence-corrected chi connectivity index (χ1v) is 8.35. The van der Waals surface area contributed by atoms with Crippen molar-refractivity contribution in [3.8, 4) is 0 Å². The summed E-state index contributed by atoms with van der Waals surface area (Å²) in [5, 5.41) is 6.06. The Morgan fingerprint density at radius 3 is 2.26 bits per heavy atom. The van der Waals surface area contributed by atoms with Crippen LogP contribution in [0.3, 0.4) is 0 Å². The molecule has 0 bridgehead atoms. The second-order valence-corrected chi connectivity index (χ2v) is 7.03. The quantitative estimate of drug-likeness (QED) is 0.877. The van der Waals surface area contributed by atoms with Crippen LogP contribution in [-0.2, 0) is 0 Å². The highest BCUT2D eigenvalue weighted by atomic mass is 16.2. The average molecular weight is 315 g/mol. The number of amides is 3. The summed E-state index contributed by atoms with van der Waals surface area (Å²) >= 11 is 0. The van der Waals surface area contributed by atoms with E-state index in [1.165, 1.54) is 30.6 Å². The zero-order valence-corrected chi connectivity index (χ0v) is 14.1. The maximum atomic E-state index is 12.3. The van der Waals surface area contributed by atoms with Crippen LogP contribution in [0.4, 0.5) is 10.5 Å². The van der Waals surface area contributed by atoms with Crippen molar-refractivity contribution in [1.82, 2.24) is 10.2 Å². The molecule has 0 aromatic heterocycles. The van der Waals surface area contributed by atoms with Gasteiger partial charge in [0, 0.05) is 31.4 Å². The summed E-state index contributed by atoms with van der Waals surface area (Å²) in [6.07, 6.45) is 4.92. The van der Waals surface area contributed by atoms with Gasteiger partial charge in [-0.25, -0.2) is 4.79 Å². The van der Waals surface area contributed by atoms with Gasteiger partial charge in [-0.3, -0.25) is 4.79 Å². The minimum Gasteiger partial charge on any atom is -0.345 e. The lowest BCUT2D eigenvalue weighted by Gasteiger charge is -2.19. The molecule has 5 nitrogen and oxygen atoms in total. The van der Waals surface area contributed by atoms with Gasteiger partial charge < -0.3 is 15.5 Å². The van der Waals surface area contributed by atoms with E-state index >= 15 is 0 Å². The van der Waals surface area contributed by atoms with E-state index in [9.17, 15) is 9.59 Å². The lowest BCUT2D eigenvalue weighted by atomic mass is 10.1. The van der Waals surface area contributed by atoms with Gasteiger partial charge in [-0.1, -0.05) is 6.07 Å². The molecule has 2 aliphatic rings. The molecule has 5 heteroatoms. The molecular weight excluding hydrogens is 290 g/mol. The number of hydrogen-bond donors (Lipinski definition) is 2.